The van der Waals surface area contributed by atoms with Gasteiger partial charge in [-0.25, -0.2) is 14.1 Å². The van der Waals surface area contributed by atoms with Gasteiger partial charge in [0.2, 0.25) is 17.7 Å². The van der Waals surface area contributed by atoms with Crippen LogP contribution in [0.25, 0.3) is 22.5 Å². The van der Waals surface area contributed by atoms with E-state index < -0.39 is 68.7 Å². The number of benzene rings is 1. The zero-order valence-electron chi connectivity index (χ0n) is 37.0. The van der Waals surface area contributed by atoms with Crippen LogP contribution < -0.4 is 9.46 Å². The smallest absolute Gasteiger partial charge is 0.307 e. The summed E-state index contributed by atoms with van der Waals surface area (Å²) in [4.78, 5) is 67.4. The van der Waals surface area contributed by atoms with Crippen molar-refractivity contribution in [2.75, 3.05) is 20.6 Å². The van der Waals surface area contributed by atoms with Crippen LogP contribution in [0.15, 0.2) is 28.7 Å². The molecule has 0 unspecified atom stereocenters. The minimum absolute atomic E-state index is 0.0249. The fraction of sp³-hybridized carbons (Fsp3) is 0.636. The number of rotatable bonds is 10. The summed E-state index contributed by atoms with van der Waals surface area (Å²) in [6.45, 7) is 14.8. The Morgan fingerprint density at radius 3 is 2.46 bits per heavy atom. The number of hydrogen-bond acceptors (Lipinski definition) is 11. The Hall–Kier alpha value is -4.64. The lowest BCUT2D eigenvalue weighted by Crippen LogP contribution is -2.47. The van der Waals surface area contributed by atoms with E-state index in [9.17, 15) is 27.6 Å². The number of imidazole rings is 1. The Bertz CT molecular complexity index is 2310. The molecule has 1 saturated heterocycles. The van der Waals surface area contributed by atoms with E-state index in [4.69, 9.17) is 18.9 Å². The number of carbonyl (C=O) groups excluding carboxylic acids is 4. The predicted molar refractivity (Wildman–Crippen MR) is 226 cm³/mol. The van der Waals surface area contributed by atoms with E-state index in [1.807, 2.05) is 44.4 Å². The van der Waals surface area contributed by atoms with Crippen molar-refractivity contribution >= 4 is 44.8 Å². The zero-order chi connectivity index (χ0) is 44.8. The monoisotopic (exact) mass is 868 g/mol. The van der Waals surface area contributed by atoms with Gasteiger partial charge in [0.15, 0.2) is 5.78 Å². The molecular weight excluding hydrogens is 808 g/mol. The summed E-state index contributed by atoms with van der Waals surface area (Å²) in [6, 6.07) is 1.79. The molecule has 5 atom stereocenters. The molecule has 2 aliphatic heterocycles. The molecule has 3 aliphatic rings. The van der Waals surface area contributed by atoms with Crippen LogP contribution in [0.4, 0.5) is 4.39 Å². The van der Waals surface area contributed by atoms with Crippen LogP contribution in [0.1, 0.15) is 130 Å². The molecule has 1 saturated carbocycles. The van der Waals surface area contributed by atoms with Gasteiger partial charge < -0.3 is 18.8 Å². The molecule has 3 aromatic rings. The summed E-state index contributed by atoms with van der Waals surface area (Å²) in [6.07, 6.45) is 6.14. The van der Waals surface area contributed by atoms with Crippen LogP contribution in [0, 0.1) is 30.0 Å². The summed E-state index contributed by atoms with van der Waals surface area (Å²) in [5, 5.41) is 0. The quantitative estimate of drug-likeness (QED) is 0.164. The molecule has 1 aliphatic carbocycles. The normalized spacial score (nSPS) is 24.7. The first-order chi connectivity index (χ1) is 28.5. The Morgan fingerprint density at radius 2 is 1.82 bits per heavy atom. The fourth-order valence-corrected chi connectivity index (χ4v) is 9.24. The Morgan fingerprint density at radius 1 is 1.10 bits per heavy atom. The highest BCUT2D eigenvalue weighted by Gasteiger charge is 2.61. The number of amides is 2. The number of nitrogens with one attached hydrogen (secondary N) is 1. The first kappa shape index (κ1) is 45.9. The number of hydrogen-bond donors (Lipinski definition) is 1. The van der Waals surface area contributed by atoms with Crippen molar-refractivity contribution in [2.24, 2.45) is 17.3 Å². The number of allylic oxidation sites excluding steroid dienone is 2. The van der Waals surface area contributed by atoms with E-state index in [-0.39, 0.29) is 73.1 Å². The number of carbonyl (C=O) groups is 4. The molecular formula is C44H61FN6O9S. The summed E-state index contributed by atoms with van der Waals surface area (Å²) >= 11 is 0. The average molecular weight is 869 g/mol. The van der Waals surface area contributed by atoms with E-state index >= 15 is 4.39 Å². The number of aromatic nitrogens is 3. The first-order valence-corrected chi connectivity index (χ1v) is 22.8. The molecule has 0 bridgehead atoms. The maximum atomic E-state index is 15.8. The summed E-state index contributed by atoms with van der Waals surface area (Å²) in [5.74, 6) is -3.22. The molecule has 334 valence electrons. The van der Waals surface area contributed by atoms with E-state index in [2.05, 4.69) is 9.71 Å². The molecule has 6 rings (SSSR count). The van der Waals surface area contributed by atoms with Gasteiger partial charge in [-0.2, -0.15) is 17.7 Å². The van der Waals surface area contributed by atoms with E-state index in [1.165, 1.54) is 25.1 Å². The number of nitrogens with zero attached hydrogens (tertiary/aromatic N) is 5. The molecule has 2 fully saturated rings. The Kier molecular flexibility index (Phi) is 13.3. The minimum Gasteiger partial charge on any atom is -0.460 e. The lowest BCUT2D eigenvalue weighted by atomic mass is 9.90. The van der Waals surface area contributed by atoms with E-state index in [1.54, 1.807) is 33.8 Å². The van der Waals surface area contributed by atoms with Gasteiger partial charge in [0, 0.05) is 38.9 Å². The summed E-state index contributed by atoms with van der Waals surface area (Å²) in [7, 11) is -1.56. The molecule has 15 nitrogen and oxygen atoms in total. The third-order valence-corrected chi connectivity index (χ3v) is 13.2. The highest BCUT2D eigenvalue weighted by atomic mass is 32.2. The number of Topliss-reactive ketones (excluding diaryl/α,β-unsaturated/α-hetero) is 1. The van der Waals surface area contributed by atoms with Crippen LogP contribution in [-0.4, -0.2) is 94.1 Å². The van der Waals surface area contributed by atoms with Gasteiger partial charge in [-0.3, -0.25) is 23.7 Å². The van der Waals surface area contributed by atoms with Crippen molar-refractivity contribution in [1.29, 1.82) is 0 Å². The molecule has 1 N–H and O–H groups in total. The van der Waals surface area contributed by atoms with Gasteiger partial charge in [-0.05, 0) is 91.2 Å². The van der Waals surface area contributed by atoms with Gasteiger partial charge in [0.1, 0.15) is 34.4 Å². The second-order valence-electron chi connectivity index (χ2n) is 18.6. The third-order valence-electron chi connectivity index (χ3n) is 11.8. The molecule has 17 heteroatoms. The van der Waals surface area contributed by atoms with Crippen molar-refractivity contribution in [3.05, 3.63) is 41.6 Å². The van der Waals surface area contributed by atoms with Crippen LogP contribution in [-0.2, 0) is 34.1 Å². The van der Waals surface area contributed by atoms with Gasteiger partial charge in [0.05, 0.1) is 35.6 Å². The minimum atomic E-state index is -4.17. The van der Waals surface area contributed by atoms with Crippen molar-refractivity contribution in [2.45, 2.75) is 143 Å². The topological polar surface area (TPSA) is 183 Å². The van der Waals surface area contributed by atoms with Gasteiger partial charge in [-0.1, -0.05) is 38.8 Å². The van der Waals surface area contributed by atoms with Crippen LogP contribution >= 0.6 is 0 Å². The molecule has 2 amide bonds. The number of esters is 1. The molecule has 61 heavy (non-hydrogen) atoms. The highest BCUT2D eigenvalue weighted by molar-refractivity contribution is 7.87. The van der Waals surface area contributed by atoms with Crippen LogP contribution in [0.3, 0.4) is 0 Å². The first-order valence-electron chi connectivity index (χ1n) is 21.3. The largest absolute Gasteiger partial charge is 0.460 e. The van der Waals surface area contributed by atoms with Crippen molar-refractivity contribution in [3.8, 4) is 17.5 Å². The number of ether oxygens (including phenoxy) is 2. The summed E-state index contributed by atoms with van der Waals surface area (Å²) in [5.41, 5.74) is -0.508. The number of fused-ring (bicyclic) bond motifs is 3. The lowest BCUT2D eigenvalue weighted by Gasteiger charge is -2.29. The molecule has 0 radical (unpaired) electrons. The summed E-state index contributed by atoms with van der Waals surface area (Å²) < 4.78 is 64.5. The highest BCUT2D eigenvalue weighted by Crippen LogP contribution is 2.57. The number of halogens is 1. The van der Waals surface area contributed by atoms with Crippen molar-refractivity contribution < 1.29 is 45.9 Å². The average Bonchev–Trinajstić information content (AvgIpc) is 3.41. The Balaban J connectivity index is 1.38. The molecule has 4 heterocycles. The number of aryl methyl sites for hydroxylation is 1. The Labute approximate surface area is 358 Å². The SMILES string of the molecule is Cc1oc(-c2c(F)ccc3c2nc(O[C@@H]2C[C@H]4C(=O)C[C@]5(C(=O)NS(=O)(=O)N(C)C)C[C@H]5/C=C\CCCCC[C@H](CC(=O)OC(C)(C)C)C(=O)N4C2)n3C(C)C)nc1C(C)C. The zero-order valence-corrected chi connectivity index (χ0v) is 37.9. The fourth-order valence-electron chi connectivity index (χ4n) is 8.62. The van der Waals surface area contributed by atoms with Crippen LogP contribution in [0.5, 0.6) is 6.01 Å². The predicted octanol–water partition coefficient (Wildman–Crippen LogP) is 6.95. The number of oxazole rings is 1. The lowest BCUT2D eigenvalue weighted by molar-refractivity contribution is -0.159. The molecule has 0 spiro atoms. The standard InChI is InChI=1S/C44H61FN6O9S/c1-25(2)37-27(5)58-39(46-37)36-31(45)18-19-32-38(36)47-42(51(32)26(3)4)59-30-21-33-34(52)23-44(41(55)48-61(56,57)49(9)10)22-29(44)17-15-13-11-12-14-16-28(40(54)50(33)24-30)20-35(53)60-43(6,7)8/h15,17-19,25-26,28-30,33H,11-14,16,20-24H2,1-10H3,(H,48,55)/b17-15-/t28-,29-,30-,33+,44-/m1/s1. The maximum Gasteiger partial charge on any atom is 0.307 e. The maximum absolute atomic E-state index is 15.8. The van der Waals surface area contributed by atoms with Crippen molar-refractivity contribution in [1.82, 2.24) is 28.5 Å². The van der Waals surface area contributed by atoms with Crippen LogP contribution in [0.2, 0.25) is 0 Å². The second kappa shape index (κ2) is 17.6. The third kappa shape index (κ3) is 9.87. The molecule has 1 aromatic carbocycles. The van der Waals surface area contributed by atoms with Gasteiger partial charge >= 0.3 is 16.2 Å². The van der Waals surface area contributed by atoms with Crippen molar-refractivity contribution in [3.63, 3.8) is 0 Å². The second-order valence-corrected chi connectivity index (χ2v) is 20.5. The van der Waals surface area contributed by atoms with Gasteiger partial charge in [0.25, 0.3) is 6.01 Å². The van der Waals surface area contributed by atoms with Gasteiger partial charge in [-0.15, -0.1) is 0 Å². The molecule has 2 aromatic heterocycles. The number of ketones is 1. The van der Waals surface area contributed by atoms with E-state index in [0.29, 0.717) is 36.2 Å². The van der Waals surface area contributed by atoms with E-state index in [0.717, 1.165) is 17.1 Å².